The Morgan fingerprint density at radius 1 is 1.09 bits per heavy atom. The quantitative estimate of drug-likeness (QED) is 0.843. The van der Waals surface area contributed by atoms with Crippen molar-refractivity contribution in [2.24, 2.45) is 0 Å². The SMILES string of the molecule is C[C@H](NC(=O)c1ccc(Cl)cc1Cl)c1ccc2c(c1)CCC2. The Bertz CT molecular complexity index is 727. The summed E-state index contributed by atoms with van der Waals surface area (Å²) >= 11 is 11.9. The van der Waals surface area contributed by atoms with Crippen LogP contribution >= 0.6 is 23.2 Å². The molecule has 0 spiro atoms. The number of fused-ring (bicyclic) bond motifs is 1. The van der Waals surface area contributed by atoms with Crippen LogP contribution in [0.15, 0.2) is 36.4 Å². The van der Waals surface area contributed by atoms with Crippen molar-refractivity contribution in [3.05, 3.63) is 68.7 Å². The summed E-state index contributed by atoms with van der Waals surface area (Å²) in [6.07, 6.45) is 3.52. The molecule has 2 aromatic rings. The Balaban J connectivity index is 1.76. The highest BCUT2D eigenvalue weighted by molar-refractivity contribution is 6.36. The maximum Gasteiger partial charge on any atom is 0.253 e. The van der Waals surface area contributed by atoms with E-state index < -0.39 is 0 Å². The molecular formula is C18H17Cl2NO. The molecule has 2 nitrogen and oxygen atoms in total. The van der Waals surface area contributed by atoms with Gasteiger partial charge < -0.3 is 5.32 Å². The molecule has 3 rings (SSSR count). The van der Waals surface area contributed by atoms with Crippen molar-refractivity contribution < 1.29 is 4.79 Å². The van der Waals surface area contributed by atoms with Gasteiger partial charge >= 0.3 is 0 Å². The average Bonchev–Trinajstić information content (AvgIpc) is 2.94. The van der Waals surface area contributed by atoms with Gasteiger partial charge in [0.1, 0.15) is 0 Å². The third-order valence-electron chi connectivity index (χ3n) is 4.15. The Morgan fingerprint density at radius 2 is 1.86 bits per heavy atom. The summed E-state index contributed by atoms with van der Waals surface area (Å²) in [6.45, 7) is 1.98. The van der Waals surface area contributed by atoms with Crippen molar-refractivity contribution in [1.29, 1.82) is 0 Å². The van der Waals surface area contributed by atoms with Crippen LogP contribution in [0.4, 0.5) is 0 Å². The number of nitrogens with one attached hydrogen (secondary N) is 1. The van der Waals surface area contributed by atoms with E-state index in [0.717, 1.165) is 18.4 Å². The normalized spacial score (nSPS) is 14.5. The first kappa shape index (κ1) is 15.4. The molecule has 1 aliphatic carbocycles. The zero-order chi connectivity index (χ0) is 15.7. The first-order valence-electron chi connectivity index (χ1n) is 7.42. The van der Waals surface area contributed by atoms with Gasteiger partial charge in [0.25, 0.3) is 5.91 Å². The lowest BCUT2D eigenvalue weighted by Gasteiger charge is -2.16. The van der Waals surface area contributed by atoms with Crippen LogP contribution in [-0.2, 0) is 12.8 Å². The molecule has 0 aromatic heterocycles. The van der Waals surface area contributed by atoms with Gasteiger partial charge in [-0.3, -0.25) is 4.79 Å². The van der Waals surface area contributed by atoms with E-state index in [9.17, 15) is 4.79 Å². The molecule has 0 saturated heterocycles. The Morgan fingerprint density at radius 3 is 2.64 bits per heavy atom. The summed E-state index contributed by atoms with van der Waals surface area (Å²) in [5.41, 5.74) is 4.41. The van der Waals surface area contributed by atoms with E-state index in [1.807, 2.05) is 6.92 Å². The lowest BCUT2D eigenvalue weighted by molar-refractivity contribution is 0.0940. The second-order valence-electron chi connectivity index (χ2n) is 5.70. The topological polar surface area (TPSA) is 29.1 Å². The molecule has 1 N–H and O–H groups in total. The minimum absolute atomic E-state index is 0.0647. The fourth-order valence-electron chi connectivity index (χ4n) is 2.89. The van der Waals surface area contributed by atoms with Crippen molar-refractivity contribution in [2.75, 3.05) is 0 Å². The van der Waals surface area contributed by atoms with Gasteiger partial charge in [-0.1, -0.05) is 41.4 Å². The van der Waals surface area contributed by atoms with E-state index in [1.165, 1.54) is 17.5 Å². The lowest BCUT2D eigenvalue weighted by Crippen LogP contribution is -2.27. The van der Waals surface area contributed by atoms with E-state index >= 15 is 0 Å². The van der Waals surface area contributed by atoms with Crippen LogP contribution in [0.5, 0.6) is 0 Å². The van der Waals surface area contributed by atoms with Crippen LogP contribution in [0, 0.1) is 0 Å². The van der Waals surface area contributed by atoms with Gasteiger partial charge in [0, 0.05) is 5.02 Å². The van der Waals surface area contributed by atoms with Crippen LogP contribution in [0.25, 0.3) is 0 Å². The van der Waals surface area contributed by atoms with E-state index in [-0.39, 0.29) is 11.9 Å². The number of carbonyl (C=O) groups excluding carboxylic acids is 1. The zero-order valence-electron chi connectivity index (χ0n) is 12.3. The van der Waals surface area contributed by atoms with E-state index in [2.05, 4.69) is 23.5 Å². The van der Waals surface area contributed by atoms with E-state index in [1.54, 1.807) is 18.2 Å². The number of rotatable bonds is 3. The number of benzene rings is 2. The van der Waals surface area contributed by atoms with Crippen molar-refractivity contribution in [3.63, 3.8) is 0 Å². The van der Waals surface area contributed by atoms with Gasteiger partial charge in [0.05, 0.1) is 16.6 Å². The van der Waals surface area contributed by atoms with Crippen LogP contribution < -0.4 is 5.32 Å². The van der Waals surface area contributed by atoms with Crippen molar-refractivity contribution in [3.8, 4) is 0 Å². The third-order valence-corrected chi connectivity index (χ3v) is 4.69. The molecule has 22 heavy (non-hydrogen) atoms. The minimum Gasteiger partial charge on any atom is -0.345 e. The van der Waals surface area contributed by atoms with Crippen LogP contribution in [0.1, 0.15) is 46.4 Å². The van der Waals surface area contributed by atoms with Gasteiger partial charge in [-0.25, -0.2) is 0 Å². The molecule has 1 amide bonds. The van der Waals surface area contributed by atoms with Crippen molar-refractivity contribution >= 4 is 29.1 Å². The molecule has 4 heteroatoms. The second-order valence-corrected chi connectivity index (χ2v) is 6.54. The van der Waals surface area contributed by atoms with Gasteiger partial charge in [-0.2, -0.15) is 0 Å². The molecule has 0 bridgehead atoms. The summed E-state index contributed by atoms with van der Waals surface area (Å²) < 4.78 is 0. The fourth-order valence-corrected chi connectivity index (χ4v) is 3.39. The molecular weight excluding hydrogens is 317 g/mol. The van der Waals surface area contributed by atoms with Gasteiger partial charge in [-0.05, 0) is 61.1 Å². The predicted molar refractivity (Wildman–Crippen MR) is 90.8 cm³/mol. The molecule has 0 aliphatic heterocycles. The molecule has 0 fully saturated rings. The summed E-state index contributed by atoms with van der Waals surface area (Å²) in [4.78, 5) is 12.4. The number of halogens is 2. The summed E-state index contributed by atoms with van der Waals surface area (Å²) in [6, 6.07) is 11.3. The van der Waals surface area contributed by atoms with Crippen molar-refractivity contribution in [1.82, 2.24) is 5.32 Å². The van der Waals surface area contributed by atoms with Gasteiger partial charge in [0.2, 0.25) is 0 Å². The lowest BCUT2D eigenvalue weighted by atomic mass is 10.0. The molecule has 114 valence electrons. The summed E-state index contributed by atoms with van der Waals surface area (Å²) in [5.74, 6) is -0.185. The van der Waals surface area contributed by atoms with E-state index in [0.29, 0.717) is 15.6 Å². The second kappa shape index (κ2) is 6.31. The van der Waals surface area contributed by atoms with Crippen LogP contribution in [0.3, 0.4) is 0 Å². The highest BCUT2D eigenvalue weighted by atomic mass is 35.5. The number of aryl methyl sites for hydroxylation is 2. The molecule has 0 radical (unpaired) electrons. The molecule has 1 aliphatic rings. The third kappa shape index (κ3) is 3.13. The standard InChI is InChI=1S/C18H17Cl2NO/c1-11(13-6-5-12-3-2-4-14(12)9-13)21-18(22)16-8-7-15(19)10-17(16)20/h5-11H,2-4H2,1H3,(H,21,22)/t11-/m0/s1. The summed E-state index contributed by atoms with van der Waals surface area (Å²) in [5, 5.41) is 3.89. The smallest absolute Gasteiger partial charge is 0.253 e. The first-order chi connectivity index (χ1) is 10.5. The molecule has 0 heterocycles. The monoisotopic (exact) mass is 333 g/mol. The predicted octanol–water partition coefficient (Wildman–Crippen LogP) is 4.97. The zero-order valence-corrected chi connectivity index (χ0v) is 13.8. The highest BCUT2D eigenvalue weighted by Gasteiger charge is 2.17. The number of hydrogen-bond donors (Lipinski definition) is 1. The Hall–Kier alpha value is -1.51. The first-order valence-corrected chi connectivity index (χ1v) is 8.18. The van der Waals surface area contributed by atoms with E-state index in [4.69, 9.17) is 23.2 Å². The number of hydrogen-bond acceptors (Lipinski definition) is 1. The number of carbonyl (C=O) groups is 1. The maximum atomic E-state index is 12.4. The minimum atomic E-state index is -0.185. The van der Waals surface area contributed by atoms with Gasteiger partial charge in [0.15, 0.2) is 0 Å². The fraction of sp³-hybridized carbons (Fsp3) is 0.278. The van der Waals surface area contributed by atoms with Gasteiger partial charge in [-0.15, -0.1) is 0 Å². The number of amides is 1. The largest absolute Gasteiger partial charge is 0.345 e. The molecule has 2 aromatic carbocycles. The average molecular weight is 334 g/mol. The molecule has 1 atom stereocenters. The maximum absolute atomic E-state index is 12.4. The van der Waals surface area contributed by atoms with Crippen LogP contribution in [0.2, 0.25) is 10.0 Å². The highest BCUT2D eigenvalue weighted by Crippen LogP contribution is 2.26. The van der Waals surface area contributed by atoms with Crippen molar-refractivity contribution in [2.45, 2.75) is 32.2 Å². The summed E-state index contributed by atoms with van der Waals surface area (Å²) in [7, 11) is 0. The molecule has 0 saturated carbocycles. The molecule has 0 unspecified atom stereocenters. The Labute approximate surface area is 140 Å². The van der Waals surface area contributed by atoms with Crippen LogP contribution in [-0.4, -0.2) is 5.91 Å². The Kier molecular flexibility index (Phi) is 4.42.